The average Bonchev–Trinajstić information content (AvgIpc) is 3.28. The highest BCUT2D eigenvalue weighted by molar-refractivity contribution is 9.10. The van der Waals surface area contributed by atoms with Gasteiger partial charge in [-0.2, -0.15) is 10.2 Å². The van der Waals surface area contributed by atoms with Gasteiger partial charge in [-0.05, 0) is 36.8 Å². The first-order chi connectivity index (χ1) is 16.1. The predicted octanol–water partition coefficient (Wildman–Crippen LogP) is 5.61. The quantitative estimate of drug-likeness (QED) is 0.251. The minimum Gasteiger partial charge on any atom is -0.481 e. The molecule has 1 atom stereocenters. The van der Waals surface area contributed by atoms with E-state index in [0.717, 1.165) is 27.0 Å². The molecule has 1 aromatic heterocycles. The van der Waals surface area contributed by atoms with Crippen LogP contribution in [0, 0.1) is 0 Å². The number of ether oxygens (including phenoxy) is 1. The lowest BCUT2D eigenvalue weighted by atomic mass is 10.1. The fourth-order valence-corrected chi connectivity index (χ4v) is 3.66. The van der Waals surface area contributed by atoms with Gasteiger partial charge in [0.05, 0.1) is 11.9 Å². The molecule has 166 valence electrons. The van der Waals surface area contributed by atoms with Crippen LogP contribution in [0.4, 0.5) is 0 Å². The van der Waals surface area contributed by atoms with Gasteiger partial charge < -0.3 is 4.74 Å². The molecule has 0 saturated heterocycles. The summed E-state index contributed by atoms with van der Waals surface area (Å²) in [6.45, 7) is 1.89. The molecule has 0 aliphatic rings. The van der Waals surface area contributed by atoms with Crippen molar-refractivity contribution in [3.05, 3.63) is 101 Å². The Hall–Kier alpha value is -3.71. The van der Waals surface area contributed by atoms with Crippen molar-refractivity contribution in [2.75, 3.05) is 0 Å². The van der Waals surface area contributed by atoms with Crippen LogP contribution in [0.15, 0.2) is 101 Å². The molecule has 1 heterocycles. The van der Waals surface area contributed by atoms with Crippen molar-refractivity contribution in [1.82, 2.24) is 15.2 Å². The molecule has 0 fully saturated rings. The van der Waals surface area contributed by atoms with Crippen LogP contribution in [0.2, 0.25) is 0 Å². The Morgan fingerprint density at radius 2 is 1.82 bits per heavy atom. The summed E-state index contributed by atoms with van der Waals surface area (Å²) >= 11 is 3.41. The monoisotopic (exact) mass is 502 g/mol. The van der Waals surface area contributed by atoms with E-state index in [1.165, 1.54) is 0 Å². The molecule has 3 aromatic carbocycles. The number of aromatic nitrogens is 2. The molecule has 33 heavy (non-hydrogen) atoms. The number of carbonyl (C=O) groups excluding carboxylic acids is 1. The van der Waals surface area contributed by atoms with Gasteiger partial charge in [-0.1, -0.05) is 77.5 Å². The Morgan fingerprint density at radius 1 is 1.09 bits per heavy atom. The first kappa shape index (κ1) is 22.5. The number of para-hydroxylation sites is 1. The van der Waals surface area contributed by atoms with Crippen LogP contribution in [-0.4, -0.2) is 28.0 Å². The van der Waals surface area contributed by atoms with E-state index >= 15 is 0 Å². The number of carbonyl (C=O) groups is 1. The van der Waals surface area contributed by atoms with Crippen LogP contribution in [0.5, 0.6) is 5.75 Å². The van der Waals surface area contributed by atoms with Crippen LogP contribution in [0.25, 0.3) is 16.9 Å². The zero-order chi connectivity index (χ0) is 23.0. The molecule has 4 rings (SSSR count). The van der Waals surface area contributed by atoms with E-state index < -0.39 is 6.10 Å². The Kier molecular flexibility index (Phi) is 7.32. The second-order valence-corrected chi connectivity index (χ2v) is 8.20. The second kappa shape index (κ2) is 10.7. The predicted molar refractivity (Wildman–Crippen MR) is 134 cm³/mol. The minimum absolute atomic E-state index is 0.314. The number of hydrogen-bond donors (Lipinski definition) is 1. The van der Waals surface area contributed by atoms with E-state index in [2.05, 4.69) is 26.5 Å². The smallest absolute Gasteiger partial charge is 0.281 e. The lowest BCUT2D eigenvalue weighted by Gasteiger charge is -2.15. The van der Waals surface area contributed by atoms with Crippen molar-refractivity contribution < 1.29 is 9.53 Å². The molecule has 0 saturated carbocycles. The summed E-state index contributed by atoms with van der Waals surface area (Å²) in [6.07, 6.45) is 3.35. The molecular formula is C26H23BrN4O2. The van der Waals surface area contributed by atoms with Crippen molar-refractivity contribution >= 4 is 28.1 Å². The third kappa shape index (κ3) is 5.75. The Labute approximate surface area is 201 Å². The summed E-state index contributed by atoms with van der Waals surface area (Å²) in [5.41, 5.74) is 6.06. The lowest BCUT2D eigenvalue weighted by Crippen LogP contribution is -2.35. The van der Waals surface area contributed by atoms with Crippen molar-refractivity contribution in [1.29, 1.82) is 0 Å². The highest BCUT2D eigenvalue weighted by Gasteiger charge is 2.18. The summed E-state index contributed by atoms with van der Waals surface area (Å²) in [4.78, 5) is 12.7. The van der Waals surface area contributed by atoms with Crippen LogP contribution >= 0.6 is 15.9 Å². The largest absolute Gasteiger partial charge is 0.481 e. The maximum absolute atomic E-state index is 12.7. The van der Waals surface area contributed by atoms with Gasteiger partial charge in [0.15, 0.2) is 6.10 Å². The summed E-state index contributed by atoms with van der Waals surface area (Å²) < 4.78 is 8.52. The van der Waals surface area contributed by atoms with Crippen LogP contribution in [0.3, 0.4) is 0 Å². The van der Waals surface area contributed by atoms with Gasteiger partial charge in [-0.15, -0.1) is 0 Å². The zero-order valence-electron chi connectivity index (χ0n) is 18.1. The molecule has 0 bridgehead atoms. The normalized spacial score (nSPS) is 11.9. The van der Waals surface area contributed by atoms with Crippen LogP contribution < -0.4 is 10.2 Å². The summed E-state index contributed by atoms with van der Waals surface area (Å²) in [5.74, 6) is 0.302. The Bertz CT molecular complexity index is 1240. The van der Waals surface area contributed by atoms with Crippen LogP contribution in [-0.2, 0) is 4.79 Å². The van der Waals surface area contributed by atoms with Crippen LogP contribution in [0.1, 0.15) is 18.9 Å². The number of nitrogens with one attached hydrogen (secondary N) is 1. The maximum Gasteiger partial charge on any atom is 0.281 e. The number of hydrazone groups is 1. The molecule has 0 radical (unpaired) electrons. The van der Waals surface area contributed by atoms with Gasteiger partial charge in [0.25, 0.3) is 5.91 Å². The van der Waals surface area contributed by atoms with Gasteiger partial charge in [-0.3, -0.25) is 4.79 Å². The SMILES string of the molecule is CC[C@H](Oc1cccc(Br)c1)C(=O)N/N=C/c1cn(-c2ccccc2)nc1-c1ccccc1. The van der Waals surface area contributed by atoms with Crippen molar-refractivity contribution in [2.24, 2.45) is 5.10 Å². The van der Waals surface area contributed by atoms with Gasteiger partial charge in [0.1, 0.15) is 11.4 Å². The Balaban J connectivity index is 1.53. The molecule has 0 aliphatic carbocycles. The van der Waals surface area contributed by atoms with Gasteiger partial charge in [-0.25, -0.2) is 10.1 Å². The summed E-state index contributed by atoms with van der Waals surface area (Å²) in [6, 6.07) is 27.1. The first-order valence-electron chi connectivity index (χ1n) is 10.6. The van der Waals surface area contributed by atoms with E-state index in [1.54, 1.807) is 10.9 Å². The second-order valence-electron chi connectivity index (χ2n) is 7.29. The third-order valence-electron chi connectivity index (χ3n) is 4.93. The van der Waals surface area contributed by atoms with E-state index in [4.69, 9.17) is 9.84 Å². The molecule has 1 amide bonds. The molecular weight excluding hydrogens is 480 g/mol. The summed E-state index contributed by atoms with van der Waals surface area (Å²) in [5, 5.41) is 8.94. The topological polar surface area (TPSA) is 68.5 Å². The molecule has 0 unspecified atom stereocenters. The molecule has 1 N–H and O–H groups in total. The average molecular weight is 503 g/mol. The fourth-order valence-electron chi connectivity index (χ4n) is 3.28. The van der Waals surface area contributed by atoms with E-state index in [0.29, 0.717) is 12.2 Å². The van der Waals surface area contributed by atoms with E-state index in [9.17, 15) is 4.79 Å². The standard InChI is InChI=1S/C26H23BrN4O2/c1-2-24(33-23-15-9-12-21(27)16-23)26(32)29-28-17-20-18-31(22-13-7-4-8-14-22)30-25(20)19-10-5-3-6-11-19/h3-18,24H,2H2,1H3,(H,29,32)/b28-17+/t24-/m0/s1. The summed E-state index contributed by atoms with van der Waals surface area (Å²) in [7, 11) is 0. The maximum atomic E-state index is 12.7. The fraction of sp³-hybridized carbons (Fsp3) is 0.115. The van der Waals surface area contributed by atoms with Gasteiger partial charge in [0, 0.05) is 21.8 Å². The van der Waals surface area contributed by atoms with Crippen molar-refractivity contribution in [2.45, 2.75) is 19.4 Å². The third-order valence-corrected chi connectivity index (χ3v) is 5.42. The molecule has 0 aliphatic heterocycles. The number of amides is 1. The van der Waals surface area contributed by atoms with E-state index in [-0.39, 0.29) is 5.91 Å². The first-order valence-corrected chi connectivity index (χ1v) is 11.4. The highest BCUT2D eigenvalue weighted by Crippen LogP contribution is 2.23. The minimum atomic E-state index is -0.655. The molecule has 6 nitrogen and oxygen atoms in total. The number of nitrogens with zero attached hydrogens (tertiary/aromatic N) is 3. The lowest BCUT2D eigenvalue weighted by molar-refractivity contribution is -0.128. The zero-order valence-corrected chi connectivity index (χ0v) is 19.6. The van der Waals surface area contributed by atoms with Crippen molar-refractivity contribution in [3.63, 3.8) is 0 Å². The van der Waals surface area contributed by atoms with Crippen molar-refractivity contribution in [3.8, 4) is 22.7 Å². The van der Waals surface area contributed by atoms with Gasteiger partial charge >= 0.3 is 0 Å². The number of benzene rings is 3. The highest BCUT2D eigenvalue weighted by atomic mass is 79.9. The molecule has 4 aromatic rings. The number of halogens is 1. The van der Waals surface area contributed by atoms with Gasteiger partial charge in [0.2, 0.25) is 0 Å². The number of hydrogen-bond acceptors (Lipinski definition) is 4. The van der Waals surface area contributed by atoms with E-state index in [1.807, 2.05) is 98.0 Å². The Morgan fingerprint density at radius 3 is 2.52 bits per heavy atom. The number of rotatable bonds is 8. The molecule has 7 heteroatoms. The molecule has 0 spiro atoms.